The van der Waals surface area contributed by atoms with E-state index in [-0.39, 0.29) is 11.4 Å². The van der Waals surface area contributed by atoms with Crippen molar-refractivity contribution < 1.29 is 9.13 Å². The molecular weight excluding hydrogens is 255 g/mol. The van der Waals surface area contributed by atoms with Gasteiger partial charge in [0.2, 0.25) is 0 Å². The summed E-state index contributed by atoms with van der Waals surface area (Å²) in [7, 11) is 2.17. The van der Waals surface area contributed by atoms with Gasteiger partial charge in [0.05, 0.1) is 12.2 Å². The minimum absolute atomic E-state index is 0.00524. The first-order chi connectivity index (χ1) is 9.65. The number of piperidine rings is 1. The smallest absolute Gasteiger partial charge is 0.123 e. The highest BCUT2D eigenvalue weighted by molar-refractivity contribution is 5.16. The van der Waals surface area contributed by atoms with E-state index in [0.717, 1.165) is 39.2 Å². The fourth-order valence-corrected chi connectivity index (χ4v) is 3.47. The Morgan fingerprint density at radius 2 is 2.00 bits per heavy atom. The summed E-state index contributed by atoms with van der Waals surface area (Å²) in [5, 5.41) is 0. The third kappa shape index (κ3) is 3.19. The van der Waals surface area contributed by atoms with Gasteiger partial charge in [-0.25, -0.2) is 4.39 Å². The van der Waals surface area contributed by atoms with Crippen LogP contribution in [0.4, 0.5) is 4.39 Å². The number of likely N-dealkylation sites (tertiary alicyclic amines) is 1. The molecule has 1 aromatic carbocycles. The Hall–Kier alpha value is -0.970. The number of nitrogens with zero attached hydrogens (tertiary/aromatic N) is 2. The standard InChI is InChI=1S/C16H23FN2O/c1-18-8-2-7-16(12-18)13-19(9-10-20-16)11-14-3-5-15(17)6-4-14/h3-6H,2,7-13H2,1H3/t16-/m0/s1. The quantitative estimate of drug-likeness (QED) is 0.824. The summed E-state index contributed by atoms with van der Waals surface area (Å²) in [4.78, 5) is 4.81. The van der Waals surface area contributed by atoms with Crippen LogP contribution in [0.2, 0.25) is 0 Å². The lowest BCUT2D eigenvalue weighted by molar-refractivity contribution is -0.138. The summed E-state index contributed by atoms with van der Waals surface area (Å²) in [6, 6.07) is 6.84. The minimum atomic E-state index is -0.166. The van der Waals surface area contributed by atoms with Crippen LogP contribution >= 0.6 is 0 Å². The molecule has 110 valence electrons. The van der Waals surface area contributed by atoms with Crippen molar-refractivity contribution in [1.82, 2.24) is 9.80 Å². The second-order valence-corrected chi connectivity index (χ2v) is 6.21. The van der Waals surface area contributed by atoms with Gasteiger partial charge in [-0.05, 0) is 44.1 Å². The van der Waals surface area contributed by atoms with Gasteiger partial charge in [-0.3, -0.25) is 4.90 Å². The molecule has 2 heterocycles. The molecule has 0 bridgehead atoms. The molecule has 1 spiro atoms. The van der Waals surface area contributed by atoms with Crippen LogP contribution in [0.3, 0.4) is 0 Å². The van der Waals surface area contributed by atoms with E-state index >= 15 is 0 Å². The summed E-state index contributed by atoms with van der Waals surface area (Å²) < 4.78 is 19.1. The second kappa shape index (κ2) is 5.80. The van der Waals surface area contributed by atoms with Crippen LogP contribution < -0.4 is 0 Å². The van der Waals surface area contributed by atoms with Crippen molar-refractivity contribution in [2.45, 2.75) is 25.0 Å². The first-order valence-corrected chi connectivity index (χ1v) is 7.45. The van der Waals surface area contributed by atoms with Gasteiger partial charge in [-0.15, -0.1) is 0 Å². The average Bonchev–Trinajstić information content (AvgIpc) is 2.41. The predicted octanol–water partition coefficient (Wildman–Crippen LogP) is 2.12. The normalized spacial score (nSPS) is 28.9. The number of likely N-dealkylation sites (N-methyl/N-ethyl adjacent to an activating group) is 1. The zero-order chi connectivity index (χ0) is 14.0. The van der Waals surface area contributed by atoms with Gasteiger partial charge in [0.15, 0.2) is 0 Å². The van der Waals surface area contributed by atoms with Crippen molar-refractivity contribution >= 4 is 0 Å². The molecule has 0 unspecified atom stereocenters. The molecule has 0 aromatic heterocycles. The Labute approximate surface area is 120 Å². The van der Waals surface area contributed by atoms with Gasteiger partial charge < -0.3 is 9.64 Å². The first kappa shape index (κ1) is 14.0. The maximum absolute atomic E-state index is 13.0. The van der Waals surface area contributed by atoms with Crippen LogP contribution in [0.15, 0.2) is 24.3 Å². The molecule has 2 aliphatic rings. The summed E-state index contributed by atoms with van der Waals surface area (Å²) >= 11 is 0. The zero-order valence-electron chi connectivity index (χ0n) is 12.1. The maximum atomic E-state index is 13.0. The summed E-state index contributed by atoms with van der Waals surface area (Å²) in [6.45, 7) is 5.82. The molecular formula is C16H23FN2O. The fraction of sp³-hybridized carbons (Fsp3) is 0.625. The van der Waals surface area contributed by atoms with Crippen LogP contribution in [-0.2, 0) is 11.3 Å². The molecule has 3 rings (SSSR count). The van der Waals surface area contributed by atoms with Crippen molar-refractivity contribution in [3.63, 3.8) is 0 Å². The number of rotatable bonds is 2. The lowest BCUT2D eigenvalue weighted by Gasteiger charge is -2.47. The molecule has 20 heavy (non-hydrogen) atoms. The first-order valence-electron chi connectivity index (χ1n) is 7.45. The van der Waals surface area contributed by atoms with Crippen LogP contribution in [0.5, 0.6) is 0 Å². The summed E-state index contributed by atoms with van der Waals surface area (Å²) in [5.74, 6) is -0.166. The van der Waals surface area contributed by atoms with Gasteiger partial charge in [-0.2, -0.15) is 0 Å². The Kier molecular flexibility index (Phi) is 4.06. The third-order valence-corrected chi connectivity index (χ3v) is 4.38. The summed E-state index contributed by atoms with van der Waals surface area (Å²) in [5.41, 5.74) is 1.18. The lowest BCUT2D eigenvalue weighted by Crippen LogP contribution is -2.58. The fourth-order valence-electron chi connectivity index (χ4n) is 3.47. The molecule has 2 saturated heterocycles. The molecule has 4 heteroatoms. The molecule has 1 aromatic rings. The molecule has 0 N–H and O–H groups in total. The van der Waals surface area contributed by atoms with E-state index in [2.05, 4.69) is 16.8 Å². The van der Waals surface area contributed by atoms with Crippen LogP contribution in [0, 0.1) is 5.82 Å². The van der Waals surface area contributed by atoms with Crippen molar-refractivity contribution in [2.75, 3.05) is 39.8 Å². The van der Waals surface area contributed by atoms with E-state index in [1.807, 2.05) is 12.1 Å². The van der Waals surface area contributed by atoms with Crippen LogP contribution in [0.1, 0.15) is 18.4 Å². The molecule has 2 fully saturated rings. The zero-order valence-corrected chi connectivity index (χ0v) is 12.1. The van der Waals surface area contributed by atoms with E-state index in [1.165, 1.54) is 18.5 Å². The highest BCUT2D eigenvalue weighted by atomic mass is 19.1. The van der Waals surface area contributed by atoms with Gasteiger partial charge in [0.1, 0.15) is 5.82 Å². The van der Waals surface area contributed by atoms with Crippen molar-refractivity contribution in [2.24, 2.45) is 0 Å². The SMILES string of the molecule is CN1CCC[C@]2(C1)CN(Cc1ccc(F)cc1)CCO2. The van der Waals surface area contributed by atoms with E-state index < -0.39 is 0 Å². The molecule has 1 atom stereocenters. The van der Waals surface area contributed by atoms with Crippen LogP contribution in [0.25, 0.3) is 0 Å². The van der Waals surface area contributed by atoms with Crippen molar-refractivity contribution in [3.05, 3.63) is 35.6 Å². The monoisotopic (exact) mass is 278 g/mol. The predicted molar refractivity (Wildman–Crippen MR) is 77.1 cm³/mol. The molecule has 0 saturated carbocycles. The maximum Gasteiger partial charge on any atom is 0.123 e. The van der Waals surface area contributed by atoms with Crippen molar-refractivity contribution in [3.8, 4) is 0 Å². The average molecular weight is 278 g/mol. The van der Waals surface area contributed by atoms with E-state index in [9.17, 15) is 4.39 Å². The molecule has 2 aliphatic heterocycles. The molecule has 0 aliphatic carbocycles. The number of hydrogen-bond donors (Lipinski definition) is 0. The number of morpholine rings is 1. The Balaban J connectivity index is 1.64. The van der Waals surface area contributed by atoms with Gasteiger partial charge in [0.25, 0.3) is 0 Å². The van der Waals surface area contributed by atoms with E-state index in [4.69, 9.17) is 4.74 Å². The third-order valence-electron chi connectivity index (χ3n) is 4.38. The van der Waals surface area contributed by atoms with Gasteiger partial charge >= 0.3 is 0 Å². The summed E-state index contributed by atoms with van der Waals surface area (Å²) in [6.07, 6.45) is 2.36. The topological polar surface area (TPSA) is 15.7 Å². The number of halogens is 1. The molecule has 0 amide bonds. The van der Waals surface area contributed by atoms with Gasteiger partial charge in [0, 0.05) is 26.2 Å². The highest BCUT2D eigenvalue weighted by Gasteiger charge is 2.39. The number of benzene rings is 1. The molecule has 0 radical (unpaired) electrons. The van der Waals surface area contributed by atoms with Gasteiger partial charge in [-0.1, -0.05) is 12.1 Å². The minimum Gasteiger partial charge on any atom is -0.371 e. The highest BCUT2D eigenvalue weighted by Crippen LogP contribution is 2.29. The second-order valence-electron chi connectivity index (χ2n) is 6.21. The van der Waals surface area contributed by atoms with Crippen molar-refractivity contribution in [1.29, 1.82) is 0 Å². The Bertz CT molecular complexity index is 446. The number of hydrogen-bond acceptors (Lipinski definition) is 3. The molecule has 3 nitrogen and oxygen atoms in total. The Morgan fingerprint density at radius 3 is 2.75 bits per heavy atom. The van der Waals surface area contributed by atoms with E-state index in [0.29, 0.717) is 0 Å². The Morgan fingerprint density at radius 1 is 1.20 bits per heavy atom. The lowest BCUT2D eigenvalue weighted by atomic mass is 9.91. The van der Waals surface area contributed by atoms with Crippen LogP contribution in [-0.4, -0.2) is 55.2 Å². The largest absolute Gasteiger partial charge is 0.371 e. The van der Waals surface area contributed by atoms with E-state index in [1.54, 1.807) is 12.1 Å². The number of ether oxygens (including phenoxy) is 1.